The van der Waals surface area contributed by atoms with Crippen LogP contribution in [-0.4, -0.2) is 28.1 Å². The van der Waals surface area contributed by atoms with Crippen LogP contribution >= 0.6 is 0 Å². The Morgan fingerprint density at radius 2 is 1.84 bits per heavy atom. The van der Waals surface area contributed by atoms with Crippen molar-refractivity contribution in [1.29, 1.82) is 0 Å². The molecule has 0 amide bonds. The van der Waals surface area contributed by atoms with Crippen LogP contribution in [0, 0.1) is 5.92 Å². The summed E-state index contributed by atoms with van der Waals surface area (Å²) >= 11 is 0. The highest BCUT2D eigenvalue weighted by Crippen LogP contribution is 2.39. The maximum absolute atomic E-state index is 6.04. The second-order valence-electron chi connectivity index (χ2n) is 6.92. The molecule has 2 aliphatic rings. The fraction of sp³-hybridized carbons (Fsp3) is 0.786. The molecule has 0 spiro atoms. The zero-order chi connectivity index (χ0) is 13.8. The van der Waals surface area contributed by atoms with Gasteiger partial charge in [0.1, 0.15) is 0 Å². The molecular weight excluding hydrogens is 239 g/mol. The molecule has 2 fully saturated rings. The van der Waals surface area contributed by atoms with Gasteiger partial charge in [0, 0.05) is 17.9 Å². The van der Waals surface area contributed by atoms with Crippen molar-refractivity contribution in [2.24, 2.45) is 5.92 Å². The molecule has 1 aromatic rings. The first kappa shape index (κ1) is 13.2. The maximum atomic E-state index is 6.04. The first-order valence-corrected chi connectivity index (χ1v) is 7.20. The van der Waals surface area contributed by atoms with Gasteiger partial charge in [0.05, 0.1) is 17.2 Å². The summed E-state index contributed by atoms with van der Waals surface area (Å²) < 4.78 is 14.1. The lowest BCUT2D eigenvalue weighted by Gasteiger charge is -2.32. The number of rotatable bonds is 3. The van der Waals surface area contributed by atoms with Crippen LogP contribution in [0.1, 0.15) is 53.5 Å². The van der Waals surface area contributed by atoms with E-state index in [1.807, 2.05) is 6.20 Å². The molecule has 1 saturated carbocycles. The van der Waals surface area contributed by atoms with E-state index in [2.05, 4.69) is 50.6 Å². The lowest BCUT2D eigenvalue weighted by molar-refractivity contribution is 0.00578. The van der Waals surface area contributed by atoms with Gasteiger partial charge < -0.3 is 9.31 Å². The van der Waals surface area contributed by atoms with Crippen LogP contribution in [-0.2, 0) is 9.31 Å². The Labute approximate surface area is 115 Å². The topological polar surface area (TPSA) is 36.3 Å². The maximum Gasteiger partial charge on any atom is 0.498 e. The van der Waals surface area contributed by atoms with Crippen LogP contribution in [0.15, 0.2) is 12.4 Å². The van der Waals surface area contributed by atoms with E-state index in [1.54, 1.807) is 0 Å². The van der Waals surface area contributed by atoms with Crippen molar-refractivity contribution in [2.45, 2.75) is 64.7 Å². The molecule has 4 nitrogen and oxygen atoms in total. The molecule has 0 aromatic carbocycles. The van der Waals surface area contributed by atoms with Crippen molar-refractivity contribution < 1.29 is 9.31 Å². The van der Waals surface area contributed by atoms with Crippen LogP contribution in [0.2, 0.25) is 0 Å². The molecule has 0 radical (unpaired) electrons. The lowest BCUT2D eigenvalue weighted by Crippen LogP contribution is -2.41. The smallest absolute Gasteiger partial charge is 0.399 e. The third kappa shape index (κ3) is 2.23. The van der Waals surface area contributed by atoms with Gasteiger partial charge in [-0.05, 0) is 53.4 Å². The van der Waals surface area contributed by atoms with Gasteiger partial charge >= 0.3 is 7.12 Å². The van der Waals surface area contributed by atoms with E-state index < -0.39 is 0 Å². The standard InChI is InChI=1S/C14H23BN2O2/c1-10(11-6-7-11)17-9-12(8-16-17)15-18-13(2,3)14(4,5)19-15/h8-11H,6-7H2,1-5H3. The molecule has 3 rings (SSSR count). The quantitative estimate of drug-likeness (QED) is 0.783. The third-order valence-electron chi connectivity index (χ3n) is 4.87. The average molecular weight is 262 g/mol. The molecule has 2 heterocycles. The fourth-order valence-electron chi connectivity index (χ4n) is 2.47. The monoisotopic (exact) mass is 262 g/mol. The average Bonchev–Trinajstić information content (AvgIpc) is 2.98. The third-order valence-corrected chi connectivity index (χ3v) is 4.87. The largest absolute Gasteiger partial charge is 0.498 e. The summed E-state index contributed by atoms with van der Waals surface area (Å²) in [7, 11) is -0.301. The minimum Gasteiger partial charge on any atom is -0.399 e. The van der Waals surface area contributed by atoms with Crippen LogP contribution in [0.4, 0.5) is 0 Å². The molecule has 1 aliphatic carbocycles. The van der Waals surface area contributed by atoms with E-state index in [0.717, 1.165) is 11.4 Å². The number of nitrogens with zero attached hydrogens (tertiary/aromatic N) is 2. The van der Waals surface area contributed by atoms with E-state index in [9.17, 15) is 0 Å². The Balaban J connectivity index is 1.77. The summed E-state index contributed by atoms with van der Waals surface area (Å²) in [5.41, 5.74) is 0.440. The van der Waals surface area contributed by atoms with E-state index >= 15 is 0 Å². The zero-order valence-corrected chi connectivity index (χ0v) is 12.5. The summed E-state index contributed by atoms with van der Waals surface area (Å²) in [6, 6.07) is 0.483. The normalized spacial score (nSPS) is 26.7. The predicted molar refractivity (Wildman–Crippen MR) is 75.4 cm³/mol. The minimum atomic E-state index is -0.301. The molecule has 19 heavy (non-hydrogen) atoms. The van der Waals surface area contributed by atoms with Crippen LogP contribution < -0.4 is 5.46 Å². The zero-order valence-electron chi connectivity index (χ0n) is 12.5. The van der Waals surface area contributed by atoms with Crippen molar-refractivity contribution in [1.82, 2.24) is 9.78 Å². The molecule has 0 N–H and O–H groups in total. The minimum absolute atomic E-state index is 0.290. The predicted octanol–water partition coefficient (Wildman–Crippen LogP) is 2.15. The van der Waals surface area contributed by atoms with Crippen LogP contribution in [0.3, 0.4) is 0 Å². The van der Waals surface area contributed by atoms with Gasteiger partial charge in [-0.25, -0.2) is 0 Å². The molecule has 1 atom stereocenters. The highest BCUT2D eigenvalue weighted by molar-refractivity contribution is 6.61. The van der Waals surface area contributed by atoms with Crippen molar-refractivity contribution in [3.63, 3.8) is 0 Å². The van der Waals surface area contributed by atoms with Crippen molar-refractivity contribution in [3.05, 3.63) is 12.4 Å². The van der Waals surface area contributed by atoms with Gasteiger partial charge in [0.2, 0.25) is 0 Å². The molecule has 1 saturated heterocycles. The lowest BCUT2D eigenvalue weighted by atomic mass is 9.82. The van der Waals surface area contributed by atoms with Crippen LogP contribution in [0.25, 0.3) is 0 Å². The molecule has 104 valence electrons. The van der Waals surface area contributed by atoms with Gasteiger partial charge in [-0.1, -0.05) is 0 Å². The van der Waals surface area contributed by atoms with E-state index in [-0.39, 0.29) is 18.3 Å². The van der Waals surface area contributed by atoms with Crippen molar-refractivity contribution >= 4 is 12.6 Å². The molecule has 1 aromatic heterocycles. The van der Waals surface area contributed by atoms with E-state index in [4.69, 9.17) is 9.31 Å². The first-order valence-electron chi connectivity index (χ1n) is 7.20. The Morgan fingerprint density at radius 1 is 1.26 bits per heavy atom. The number of hydrogen-bond donors (Lipinski definition) is 0. The summed E-state index contributed by atoms with van der Waals surface area (Å²) in [5.74, 6) is 0.797. The van der Waals surface area contributed by atoms with Gasteiger partial charge in [-0.2, -0.15) is 5.10 Å². The SMILES string of the molecule is CC(C1CC1)n1cc(B2OC(C)(C)C(C)(C)O2)cn1. The summed E-state index contributed by atoms with van der Waals surface area (Å²) in [6.45, 7) is 10.5. The number of aromatic nitrogens is 2. The highest BCUT2D eigenvalue weighted by atomic mass is 16.7. The first-order chi connectivity index (χ1) is 8.80. The number of hydrogen-bond acceptors (Lipinski definition) is 3. The van der Waals surface area contributed by atoms with Gasteiger partial charge in [0.25, 0.3) is 0 Å². The van der Waals surface area contributed by atoms with Gasteiger partial charge in [0.15, 0.2) is 0 Å². The second kappa shape index (κ2) is 4.09. The second-order valence-corrected chi connectivity index (χ2v) is 6.92. The fourth-order valence-corrected chi connectivity index (χ4v) is 2.47. The summed E-state index contributed by atoms with van der Waals surface area (Å²) in [5, 5.41) is 4.47. The van der Waals surface area contributed by atoms with Crippen molar-refractivity contribution in [3.8, 4) is 0 Å². The molecule has 1 unspecified atom stereocenters. The Kier molecular flexibility index (Phi) is 2.84. The summed E-state index contributed by atoms with van der Waals surface area (Å²) in [6.07, 6.45) is 6.60. The van der Waals surface area contributed by atoms with E-state index in [1.165, 1.54) is 12.8 Å². The van der Waals surface area contributed by atoms with Crippen LogP contribution in [0.5, 0.6) is 0 Å². The summed E-state index contributed by atoms with van der Waals surface area (Å²) in [4.78, 5) is 0. The van der Waals surface area contributed by atoms with Gasteiger partial charge in [-0.15, -0.1) is 0 Å². The Bertz CT molecular complexity index is 464. The molecular formula is C14H23BN2O2. The van der Waals surface area contributed by atoms with E-state index in [0.29, 0.717) is 6.04 Å². The van der Waals surface area contributed by atoms with Crippen molar-refractivity contribution in [2.75, 3.05) is 0 Å². The molecule has 5 heteroatoms. The molecule has 1 aliphatic heterocycles. The molecule has 0 bridgehead atoms. The Hall–Kier alpha value is -0.805. The van der Waals surface area contributed by atoms with Gasteiger partial charge in [-0.3, -0.25) is 4.68 Å². The highest BCUT2D eigenvalue weighted by Gasteiger charge is 2.52. The Morgan fingerprint density at radius 3 is 2.37 bits per heavy atom.